The fourth-order valence-electron chi connectivity index (χ4n) is 4.07. The smallest absolute Gasteiger partial charge is 0.387 e. The van der Waals surface area contributed by atoms with Crippen molar-refractivity contribution in [2.75, 3.05) is 32.4 Å². The SMILES string of the molecule is CS(=O)(=O)N1CCCC(NC(=O)C2CCCN(C(=O)c3ccccc3OC(F)F)C2)C1. The Hall–Kier alpha value is -2.27. The quantitative estimate of drug-likeness (QED) is 0.698. The molecule has 2 atom stereocenters. The molecule has 31 heavy (non-hydrogen) atoms. The Morgan fingerprint density at radius 2 is 1.84 bits per heavy atom. The van der Waals surface area contributed by atoms with E-state index in [0.717, 1.165) is 6.26 Å². The van der Waals surface area contributed by atoms with Crippen LogP contribution in [-0.4, -0.2) is 74.5 Å². The van der Waals surface area contributed by atoms with Crippen LogP contribution >= 0.6 is 0 Å². The second-order valence-corrected chi connectivity index (χ2v) is 9.92. The number of ether oxygens (including phenoxy) is 1. The zero-order chi connectivity index (χ0) is 22.6. The Kier molecular flexibility index (Phi) is 7.47. The van der Waals surface area contributed by atoms with Crippen LogP contribution in [0.2, 0.25) is 0 Å². The van der Waals surface area contributed by atoms with Gasteiger partial charge in [-0.25, -0.2) is 12.7 Å². The molecule has 1 aromatic rings. The van der Waals surface area contributed by atoms with Crippen molar-refractivity contribution in [2.45, 2.75) is 38.3 Å². The highest BCUT2D eigenvalue weighted by Gasteiger charge is 2.33. The zero-order valence-corrected chi connectivity index (χ0v) is 18.1. The van der Waals surface area contributed by atoms with E-state index in [1.165, 1.54) is 27.4 Å². The van der Waals surface area contributed by atoms with Crippen molar-refractivity contribution in [1.82, 2.24) is 14.5 Å². The van der Waals surface area contributed by atoms with Crippen LogP contribution < -0.4 is 10.1 Å². The van der Waals surface area contributed by atoms with E-state index in [0.29, 0.717) is 38.8 Å². The van der Waals surface area contributed by atoms with Gasteiger partial charge in [-0.1, -0.05) is 12.1 Å². The monoisotopic (exact) mass is 459 g/mol. The summed E-state index contributed by atoms with van der Waals surface area (Å²) in [5.74, 6) is -1.34. The number of sulfonamides is 1. The number of rotatable bonds is 6. The lowest BCUT2D eigenvalue weighted by Gasteiger charge is -2.35. The number of piperidine rings is 2. The molecule has 3 rings (SSSR count). The van der Waals surface area contributed by atoms with E-state index in [1.807, 2.05) is 0 Å². The number of nitrogens with zero attached hydrogens (tertiary/aromatic N) is 2. The van der Waals surface area contributed by atoms with E-state index in [1.54, 1.807) is 6.07 Å². The summed E-state index contributed by atoms with van der Waals surface area (Å²) in [5.41, 5.74) is 0.0277. The normalized spacial score (nSPS) is 22.9. The lowest BCUT2D eigenvalue weighted by Crippen LogP contribution is -2.52. The summed E-state index contributed by atoms with van der Waals surface area (Å²) in [6, 6.07) is 5.53. The zero-order valence-electron chi connectivity index (χ0n) is 17.3. The summed E-state index contributed by atoms with van der Waals surface area (Å²) >= 11 is 0. The molecule has 2 saturated heterocycles. The number of nitrogens with one attached hydrogen (secondary N) is 1. The molecular formula is C20H27F2N3O5S. The molecule has 0 spiro atoms. The van der Waals surface area contributed by atoms with Crippen LogP contribution in [0.1, 0.15) is 36.0 Å². The Morgan fingerprint density at radius 1 is 1.13 bits per heavy atom. The Labute approximate surface area is 180 Å². The van der Waals surface area contributed by atoms with E-state index in [4.69, 9.17) is 0 Å². The summed E-state index contributed by atoms with van der Waals surface area (Å²) in [4.78, 5) is 27.2. The average Bonchev–Trinajstić information content (AvgIpc) is 2.73. The van der Waals surface area contributed by atoms with Crippen molar-refractivity contribution in [3.05, 3.63) is 29.8 Å². The first-order valence-corrected chi connectivity index (χ1v) is 12.1. The van der Waals surface area contributed by atoms with Crippen molar-refractivity contribution in [1.29, 1.82) is 0 Å². The fourth-order valence-corrected chi connectivity index (χ4v) is 4.98. The number of carbonyl (C=O) groups is 2. The van der Waals surface area contributed by atoms with Gasteiger partial charge in [-0.2, -0.15) is 8.78 Å². The lowest BCUT2D eigenvalue weighted by atomic mass is 9.95. The average molecular weight is 460 g/mol. The third-order valence-corrected chi connectivity index (χ3v) is 6.88. The Balaban J connectivity index is 1.63. The van der Waals surface area contributed by atoms with Gasteiger partial charge in [0.25, 0.3) is 5.91 Å². The first kappa shape index (κ1) is 23.4. The predicted octanol–water partition coefficient (Wildman–Crippen LogP) is 1.68. The molecule has 2 heterocycles. The molecule has 2 aliphatic heterocycles. The molecule has 1 N–H and O–H groups in total. The standard InChI is InChI=1S/C20H27F2N3O5S/c1-31(28,29)25-11-5-7-15(13-25)23-18(26)14-6-4-10-24(12-14)19(27)16-8-2-3-9-17(16)30-20(21)22/h2-3,8-9,14-15,20H,4-7,10-13H2,1H3,(H,23,26). The number of alkyl halides is 2. The number of hydrogen-bond acceptors (Lipinski definition) is 5. The molecule has 0 radical (unpaired) electrons. The Bertz CT molecular complexity index is 912. The van der Waals surface area contributed by atoms with E-state index in [2.05, 4.69) is 10.1 Å². The first-order chi connectivity index (χ1) is 14.6. The lowest BCUT2D eigenvalue weighted by molar-refractivity contribution is -0.127. The molecule has 0 bridgehead atoms. The van der Waals surface area contributed by atoms with Crippen LogP contribution in [0, 0.1) is 5.92 Å². The minimum Gasteiger partial charge on any atom is -0.434 e. The van der Waals surface area contributed by atoms with Crippen LogP contribution in [0.5, 0.6) is 5.75 Å². The maximum Gasteiger partial charge on any atom is 0.387 e. The predicted molar refractivity (Wildman–Crippen MR) is 109 cm³/mol. The van der Waals surface area contributed by atoms with Crippen LogP contribution in [0.3, 0.4) is 0 Å². The summed E-state index contributed by atoms with van der Waals surface area (Å²) in [6.45, 7) is -1.79. The molecule has 0 aliphatic carbocycles. The third-order valence-electron chi connectivity index (χ3n) is 5.61. The van der Waals surface area contributed by atoms with Gasteiger partial charge in [0, 0.05) is 32.2 Å². The van der Waals surface area contributed by atoms with Gasteiger partial charge >= 0.3 is 6.61 Å². The second-order valence-electron chi connectivity index (χ2n) is 7.93. The van der Waals surface area contributed by atoms with Crippen molar-refractivity contribution < 1.29 is 31.5 Å². The molecule has 1 aromatic carbocycles. The molecule has 0 saturated carbocycles. The second kappa shape index (κ2) is 9.90. The van der Waals surface area contributed by atoms with Crippen LogP contribution in [0.25, 0.3) is 0 Å². The highest BCUT2D eigenvalue weighted by molar-refractivity contribution is 7.88. The fraction of sp³-hybridized carbons (Fsp3) is 0.600. The van der Waals surface area contributed by atoms with Gasteiger partial charge in [-0.05, 0) is 37.8 Å². The molecule has 172 valence electrons. The van der Waals surface area contributed by atoms with Gasteiger partial charge < -0.3 is 15.0 Å². The number of amides is 2. The van der Waals surface area contributed by atoms with Crippen molar-refractivity contribution in [3.8, 4) is 5.75 Å². The maximum absolute atomic E-state index is 12.9. The summed E-state index contributed by atoms with van der Waals surface area (Å²) in [7, 11) is -3.32. The summed E-state index contributed by atoms with van der Waals surface area (Å²) in [5, 5.41) is 2.92. The summed E-state index contributed by atoms with van der Waals surface area (Å²) < 4.78 is 54.7. The topological polar surface area (TPSA) is 96.0 Å². The van der Waals surface area contributed by atoms with E-state index < -0.39 is 28.5 Å². The van der Waals surface area contributed by atoms with Gasteiger partial charge in [0.1, 0.15) is 5.75 Å². The van der Waals surface area contributed by atoms with Gasteiger partial charge in [-0.3, -0.25) is 9.59 Å². The summed E-state index contributed by atoms with van der Waals surface area (Å²) in [6.07, 6.45) is 3.69. The van der Waals surface area contributed by atoms with Crippen molar-refractivity contribution in [3.63, 3.8) is 0 Å². The Morgan fingerprint density at radius 3 is 2.55 bits per heavy atom. The van der Waals surface area contributed by atoms with Gasteiger partial charge in [0.05, 0.1) is 17.7 Å². The number of para-hydroxylation sites is 1. The molecule has 2 fully saturated rings. The highest BCUT2D eigenvalue weighted by atomic mass is 32.2. The first-order valence-electron chi connectivity index (χ1n) is 10.2. The van der Waals surface area contributed by atoms with Crippen molar-refractivity contribution in [2.24, 2.45) is 5.92 Å². The molecule has 2 unspecified atom stereocenters. The van der Waals surface area contributed by atoms with Crippen LogP contribution in [-0.2, 0) is 14.8 Å². The minimum atomic E-state index is -3.32. The van der Waals surface area contributed by atoms with Crippen LogP contribution in [0.15, 0.2) is 24.3 Å². The third kappa shape index (κ3) is 6.13. The van der Waals surface area contributed by atoms with E-state index in [9.17, 15) is 26.8 Å². The van der Waals surface area contributed by atoms with Crippen LogP contribution in [0.4, 0.5) is 8.78 Å². The maximum atomic E-state index is 12.9. The molecule has 8 nitrogen and oxygen atoms in total. The number of likely N-dealkylation sites (tertiary alicyclic amines) is 1. The number of halogens is 2. The molecular weight excluding hydrogens is 432 g/mol. The minimum absolute atomic E-state index is 0.0277. The molecule has 11 heteroatoms. The number of hydrogen-bond donors (Lipinski definition) is 1. The van der Waals surface area contributed by atoms with Crippen molar-refractivity contribution >= 4 is 21.8 Å². The van der Waals surface area contributed by atoms with Gasteiger partial charge in [0.15, 0.2) is 0 Å². The van der Waals surface area contributed by atoms with Gasteiger partial charge in [-0.15, -0.1) is 0 Å². The van der Waals surface area contributed by atoms with Gasteiger partial charge in [0.2, 0.25) is 15.9 Å². The molecule has 2 aliphatic rings. The number of benzene rings is 1. The molecule has 0 aromatic heterocycles. The number of carbonyl (C=O) groups excluding carboxylic acids is 2. The molecule has 2 amide bonds. The largest absolute Gasteiger partial charge is 0.434 e. The highest BCUT2D eigenvalue weighted by Crippen LogP contribution is 2.25. The van der Waals surface area contributed by atoms with E-state index >= 15 is 0 Å². The van der Waals surface area contributed by atoms with E-state index in [-0.39, 0.29) is 36.4 Å².